The van der Waals surface area contributed by atoms with Gasteiger partial charge in [-0.2, -0.15) is 0 Å². The normalized spacial score (nSPS) is 17.2. The molecule has 1 atom stereocenters. The number of likely N-dealkylation sites (tertiary alicyclic amines) is 1. The fraction of sp³-hybridized carbons (Fsp3) is 0.391. The SMILES string of the molecule is CC(=O)N1CCCC1c1nc2ccccc2n1Cc1ccc(C(C)C)cc1. The number of hydrogen-bond donors (Lipinski definition) is 0. The molecule has 1 saturated heterocycles. The molecular formula is C23H27N3O. The molecule has 3 aromatic rings. The predicted molar refractivity (Wildman–Crippen MR) is 109 cm³/mol. The van der Waals surface area contributed by atoms with Crippen molar-refractivity contribution in [2.75, 3.05) is 6.54 Å². The lowest BCUT2D eigenvalue weighted by atomic mass is 10.0. The Morgan fingerprint density at radius 1 is 1.15 bits per heavy atom. The zero-order chi connectivity index (χ0) is 19.0. The molecule has 0 saturated carbocycles. The lowest BCUT2D eigenvalue weighted by Crippen LogP contribution is -2.30. The lowest BCUT2D eigenvalue weighted by Gasteiger charge is -2.24. The second kappa shape index (κ2) is 7.18. The monoisotopic (exact) mass is 361 g/mol. The summed E-state index contributed by atoms with van der Waals surface area (Å²) in [6, 6.07) is 17.2. The van der Waals surface area contributed by atoms with Crippen LogP contribution in [-0.2, 0) is 11.3 Å². The van der Waals surface area contributed by atoms with Gasteiger partial charge in [0.2, 0.25) is 5.91 Å². The second-order valence-electron chi connectivity index (χ2n) is 7.81. The van der Waals surface area contributed by atoms with E-state index in [1.54, 1.807) is 6.92 Å². The van der Waals surface area contributed by atoms with E-state index >= 15 is 0 Å². The maximum Gasteiger partial charge on any atom is 0.220 e. The molecule has 0 aliphatic carbocycles. The molecule has 0 spiro atoms. The zero-order valence-corrected chi connectivity index (χ0v) is 16.4. The fourth-order valence-electron chi connectivity index (χ4n) is 4.12. The van der Waals surface area contributed by atoms with E-state index in [9.17, 15) is 4.79 Å². The zero-order valence-electron chi connectivity index (χ0n) is 16.4. The predicted octanol–water partition coefficient (Wildman–Crippen LogP) is 4.89. The van der Waals surface area contributed by atoms with Gasteiger partial charge in [0.15, 0.2) is 0 Å². The van der Waals surface area contributed by atoms with Crippen molar-refractivity contribution >= 4 is 16.9 Å². The lowest BCUT2D eigenvalue weighted by molar-refractivity contribution is -0.129. The summed E-state index contributed by atoms with van der Waals surface area (Å²) in [5, 5.41) is 0. The van der Waals surface area contributed by atoms with E-state index in [0.717, 1.165) is 42.8 Å². The molecule has 4 heteroatoms. The van der Waals surface area contributed by atoms with Crippen molar-refractivity contribution in [2.45, 2.75) is 52.1 Å². The Bertz CT molecular complexity index is 955. The summed E-state index contributed by atoms with van der Waals surface area (Å²) in [6.45, 7) is 7.69. The number of fused-ring (bicyclic) bond motifs is 1. The van der Waals surface area contributed by atoms with E-state index in [-0.39, 0.29) is 11.9 Å². The number of aromatic nitrogens is 2. The summed E-state index contributed by atoms with van der Waals surface area (Å²) in [5.41, 5.74) is 4.75. The Balaban J connectivity index is 1.75. The van der Waals surface area contributed by atoms with E-state index in [2.05, 4.69) is 60.9 Å². The van der Waals surface area contributed by atoms with E-state index in [1.807, 2.05) is 11.0 Å². The first-order chi connectivity index (χ1) is 13.0. The van der Waals surface area contributed by atoms with Crippen LogP contribution in [0.4, 0.5) is 0 Å². The van der Waals surface area contributed by atoms with Gasteiger partial charge in [0.1, 0.15) is 5.82 Å². The summed E-state index contributed by atoms with van der Waals surface area (Å²) in [6.07, 6.45) is 2.02. The number of carbonyl (C=O) groups excluding carboxylic acids is 1. The van der Waals surface area contributed by atoms with Gasteiger partial charge in [-0.15, -0.1) is 0 Å². The average molecular weight is 361 g/mol. The molecule has 1 fully saturated rings. The van der Waals surface area contributed by atoms with Gasteiger partial charge in [-0.3, -0.25) is 4.79 Å². The first-order valence-electron chi connectivity index (χ1n) is 9.86. The van der Waals surface area contributed by atoms with Crippen molar-refractivity contribution in [2.24, 2.45) is 0 Å². The van der Waals surface area contributed by atoms with Crippen LogP contribution in [0.5, 0.6) is 0 Å². The molecule has 1 aromatic heterocycles. The highest BCUT2D eigenvalue weighted by Crippen LogP contribution is 2.34. The Hall–Kier alpha value is -2.62. The van der Waals surface area contributed by atoms with Crippen molar-refractivity contribution < 1.29 is 4.79 Å². The van der Waals surface area contributed by atoms with Gasteiger partial charge in [0.05, 0.1) is 17.1 Å². The Labute approximate surface area is 160 Å². The number of nitrogens with zero attached hydrogens (tertiary/aromatic N) is 3. The van der Waals surface area contributed by atoms with Crippen LogP contribution in [0.3, 0.4) is 0 Å². The number of amides is 1. The molecule has 4 nitrogen and oxygen atoms in total. The van der Waals surface area contributed by atoms with Crippen molar-refractivity contribution in [3.63, 3.8) is 0 Å². The third-order valence-electron chi connectivity index (χ3n) is 5.63. The molecule has 1 aliphatic rings. The van der Waals surface area contributed by atoms with E-state index < -0.39 is 0 Å². The number of benzene rings is 2. The molecule has 0 radical (unpaired) electrons. The molecule has 1 unspecified atom stereocenters. The van der Waals surface area contributed by atoms with Crippen LogP contribution in [0.25, 0.3) is 11.0 Å². The number of carbonyl (C=O) groups is 1. The van der Waals surface area contributed by atoms with Crippen LogP contribution < -0.4 is 0 Å². The van der Waals surface area contributed by atoms with Crippen LogP contribution >= 0.6 is 0 Å². The van der Waals surface area contributed by atoms with E-state index in [4.69, 9.17) is 4.98 Å². The van der Waals surface area contributed by atoms with Crippen molar-refractivity contribution in [3.05, 3.63) is 65.5 Å². The second-order valence-corrected chi connectivity index (χ2v) is 7.81. The van der Waals surface area contributed by atoms with Crippen molar-refractivity contribution in [1.29, 1.82) is 0 Å². The quantitative estimate of drug-likeness (QED) is 0.663. The van der Waals surface area contributed by atoms with Gasteiger partial charge in [-0.05, 0) is 42.0 Å². The van der Waals surface area contributed by atoms with Gasteiger partial charge in [0, 0.05) is 20.0 Å². The van der Waals surface area contributed by atoms with Gasteiger partial charge in [-0.25, -0.2) is 4.98 Å². The number of imidazole rings is 1. The standard InChI is InChI=1S/C23H27N3O/c1-16(2)19-12-10-18(11-13-19)15-26-21-8-5-4-7-20(21)24-23(26)22-9-6-14-25(22)17(3)27/h4-5,7-8,10-13,16,22H,6,9,14-15H2,1-3H3. The van der Waals surface area contributed by atoms with Crippen LogP contribution in [0.1, 0.15) is 62.5 Å². The summed E-state index contributed by atoms with van der Waals surface area (Å²) in [4.78, 5) is 19.0. The highest BCUT2D eigenvalue weighted by molar-refractivity contribution is 5.77. The Morgan fingerprint density at radius 2 is 1.89 bits per heavy atom. The molecule has 2 heterocycles. The molecular weight excluding hydrogens is 334 g/mol. The summed E-state index contributed by atoms with van der Waals surface area (Å²) < 4.78 is 2.30. The minimum atomic E-state index is 0.0739. The third-order valence-corrected chi connectivity index (χ3v) is 5.63. The first-order valence-corrected chi connectivity index (χ1v) is 9.86. The Morgan fingerprint density at radius 3 is 2.59 bits per heavy atom. The van der Waals surface area contributed by atoms with Gasteiger partial charge < -0.3 is 9.47 Å². The van der Waals surface area contributed by atoms with Crippen molar-refractivity contribution in [3.8, 4) is 0 Å². The summed E-state index contributed by atoms with van der Waals surface area (Å²) in [5.74, 6) is 1.68. The summed E-state index contributed by atoms with van der Waals surface area (Å²) in [7, 11) is 0. The Kier molecular flexibility index (Phi) is 4.73. The third kappa shape index (κ3) is 3.36. The highest BCUT2D eigenvalue weighted by atomic mass is 16.2. The summed E-state index contributed by atoms with van der Waals surface area (Å²) >= 11 is 0. The molecule has 2 aromatic carbocycles. The fourth-order valence-corrected chi connectivity index (χ4v) is 4.12. The number of rotatable bonds is 4. The largest absolute Gasteiger partial charge is 0.333 e. The molecule has 0 bridgehead atoms. The molecule has 4 rings (SSSR count). The minimum absolute atomic E-state index is 0.0739. The van der Waals surface area contributed by atoms with Gasteiger partial charge >= 0.3 is 0 Å². The topological polar surface area (TPSA) is 38.1 Å². The van der Waals surface area contributed by atoms with Gasteiger partial charge in [-0.1, -0.05) is 50.2 Å². The first kappa shape index (κ1) is 17.8. The average Bonchev–Trinajstić information content (AvgIpc) is 3.27. The molecule has 0 N–H and O–H groups in total. The number of para-hydroxylation sites is 2. The maximum absolute atomic E-state index is 12.1. The molecule has 27 heavy (non-hydrogen) atoms. The van der Waals surface area contributed by atoms with Crippen LogP contribution in [0, 0.1) is 0 Å². The van der Waals surface area contributed by atoms with Crippen LogP contribution in [-0.4, -0.2) is 26.9 Å². The van der Waals surface area contributed by atoms with Crippen LogP contribution in [0.15, 0.2) is 48.5 Å². The molecule has 140 valence electrons. The maximum atomic E-state index is 12.1. The highest BCUT2D eigenvalue weighted by Gasteiger charge is 2.32. The number of hydrogen-bond acceptors (Lipinski definition) is 2. The molecule has 1 aliphatic heterocycles. The smallest absolute Gasteiger partial charge is 0.220 e. The van der Waals surface area contributed by atoms with E-state index in [0.29, 0.717) is 5.92 Å². The van der Waals surface area contributed by atoms with E-state index in [1.165, 1.54) is 11.1 Å². The minimum Gasteiger partial charge on any atom is -0.333 e. The van der Waals surface area contributed by atoms with Crippen LogP contribution in [0.2, 0.25) is 0 Å². The van der Waals surface area contributed by atoms with Gasteiger partial charge in [0.25, 0.3) is 0 Å². The molecule has 1 amide bonds. The van der Waals surface area contributed by atoms with Crippen molar-refractivity contribution in [1.82, 2.24) is 14.5 Å².